The van der Waals surface area contributed by atoms with Gasteiger partial charge in [-0.25, -0.2) is 4.79 Å². The Kier molecular flexibility index (Phi) is 9.40. The van der Waals surface area contributed by atoms with Crippen molar-refractivity contribution >= 4 is 45.5 Å². The Bertz CT molecular complexity index is 961. The summed E-state index contributed by atoms with van der Waals surface area (Å²) in [5, 5.41) is 12.3. The normalized spacial score (nSPS) is 12.1. The maximum Gasteiger partial charge on any atom is 0.326 e. The summed E-state index contributed by atoms with van der Waals surface area (Å²) in [7, 11) is 0. The number of hydrogen-bond acceptors (Lipinski definition) is 4. The SMILES string of the molecule is CCOc1cc(/C=C/C(=O)N[C@H](C(=O)O)C(C)C)cc(Br)c1OCc1ccccc1Cl. The molecule has 0 spiro atoms. The first-order valence-corrected chi connectivity index (χ1v) is 10.9. The molecule has 8 heteroatoms. The van der Waals surface area contributed by atoms with Gasteiger partial charge in [0.05, 0.1) is 11.1 Å². The van der Waals surface area contributed by atoms with Crippen LogP contribution in [0.3, 0.4) is 0 Å². The van der Waals surface area contributed by atoms with Crippen molar-refractivity contribution in [1.82, 2.24) is 5.32 Å². The quantitative estimate of drug-likeness (QED) is 0.423. The monoisotopic (exact) mass is 509 g/mol. The van der Waals surface area contributed by atoms with Crippen LogP contribution in [0.2, 0.25) is 5.02 Å². The van der Waals surface area contributed by atoms with Crippen molar-refractivity contribution in [3.8, 4) is 11.5 Å². The van der Waals surface area contributed by atoms with Crippen molar-refractivity contribution in [2.24, 2.45) is 5.92 Å². The Morgan fingerprint density at radius 3 is 2.55 bits per heavy atom. The number of ether oxygens (including phenoxy) is 2. The fourth-order valence-electron chi connectivity index (χ4n) is 2.74. The number of amides is 1. The number of carboxylic acid groups (broad SMARTS) is 1. The van der Waals surface area contributed by atoms with Gasteiger partial charge < -0.3 is 19.9 Å². The van der Waals surface area contributed by atoms with Crippen LogP contribution >= 0.6 is 27.5 Å². The van der Waals surface area contributed by atoms with Gasteiger partial charge in [0.25, 0.3) is 0 Å². The topological polar surface area (TPSA) is 84.9 Å². The molecule has 0 aliphatic rings. The van der Waals surface area contributed by atoms with E-state index in [2.05, 4.69) is 21.2 Å². The number of halogens is 2. The highest BCUT2D eigenvalue weighted by atomic mass is 79.9. The van der Waals surface area contributed by atoms with Crippen molar-refractivity contribution in [2.75, 3.05) is 6.61 Å². The maximum absolute atomic E-state index is 12.1. The molecule has 2 aromatic carbocycles. The Balaban J connectivity index is 2.18. The standard InChI is InChI=1S/C23H25BrClNO5/c1-4-30-19-12-15(9-10-20(27)26-21(14(2)3)23(28)29)11-17(24)22(19)31-13-16-7-5-6-8-18(16)25/h5-12,14,21H,4,13H2,1-3H3,(H,26,27)(H,28,29)/b10-9+/t21-/m0/s1. The zero-order valence-corrected chi connectivity index (χ0v) is 19.9. The average molecular weight is 511 g/mol. The minimum Gasteiger partial charge on any atom is -0.490 e. The van der Waals surface area contributed by atoms with E-state index in [1.807, 2.05) is 25.1 Å². The van der Waals surface area contributed by atoms with Crippen LogP contribution in [0, 0.1) is 5.92 Å². The van der Waals surface area contributed by atoms with Crippen molar-refractivity contribution < 1.29 is 24.2 Å². The molecule has 0 aliphatic carbocycles. The highest BCUT2D eigenvalue weighted by Crippen LogP contribution is 2.38. The van der Waals surface area contributed by atoms with Gasteiger partial charge in [0.1, 0.15) is 12.6 Å². The molecular formula is C23H25BrClNO5. The van der Waals surface area contributed by atoms with E-state index in [0.717, 1.165) is 5.56 Å². The fourth-order valence-corrected chi connectivity index (χ4v) is 3.50. The highest BCUT2D eigenvalue weighted by Gasteiger charge is 2.22. The summed E-state index contributed by atoms with van der Waals surface area (Å²) in [6.45, 7) is 6.02. The van der Waals surface area contributed by atoms with Crippen LogP contribution in [-0.2, 0) is 16.2 Å². The van der Waals surface area contributed by atoms with Crippen LogP contribution in [0.4, 0.5) is 0 Å². The second-order valence-electron chi connectivity index (χ2n) is 7.04. The van der Waals surface area contributed by atoms with E-state index in [-0.39, 0.29) is 12.5 Å². The van der Waals surface area contributed by atoms with Crippen LogP contribution in [0.1, 0.15) is 31.9 Å². The van der Waals surface area contributed by atoms with Gasteiger partial charge in [0, 0.05) is 16.7 Å². The molecule has 0 bridgehead atoms. The zero-order chi connectivity index (χ0) is 23.0. The molecule has 0 heterocycles. The molecule has 6 nitrogen and oxygen atoms in total. The van der Waals surface area contributed by atoms with Gasteiger partial charge in [0.2, 0.25) is 5.91 Å². The Morgan fingerprint density at radius 2 is 1.94 bits per heavy atom. The first-order valence-electron chi connectivity index (χ1n) is 9.76. The third kappa shape index (κ3) is 7.29. The smallest absolute Gasteiger partial charge is 0.326 e. The summed E-state index contributed by atoms with van der Waals surface area (Å²) in [6, 6.07) is 9.99. The van der Waals surface area contributed by atoms with Crippen LogP contribution in [0.25, 0.3) is 6.08 Å². The van der Waals surface area contributed by atoms with Gasteiger partial charge in [-0.05, 0) is 58.6 Å². The first-order chi connectivity index (χ1) is 14.7. The Hall–Kier alpha value is -2.51. The summed E-state index contributed by atoms with van der Waals surface area (Å²) in [5.74, 6) is -0.765. The molecule has 0 radical (unpaired) electrons. The van der Waals surface area contributed by atoms with Crippen LogP contribution in [-0.4, -0.2) is 29.6 Å². The van der Waals surface area contributed by atoms with Crippen LogP contribution in [0.5, 0.6) is 11.5 Å². The minimum absolute atomic E-state index is 0.233. The first kappa shape index (κ1) is 24.8. The molecule has 0 saturated heterocycles. The largest absolute Gasteiger partial charge is 0.490 e. The molecule has 0 saturated carbocycles. The molecule has 1 amide bonds. The molecule has 0 fully saturated rings. The third-order valence-corrected chi connectivity index (χ3v) is 5.28. The average Bonchev–Trinajstić information content (AvgIpc) is 2.70. The van der Waals surface area contributed by atoms with Crippen LogP contribution in [0.15, 0.2) is 46.9 Å². The van der Waals surface area contributed by atoms with E-state index in [9.17, 15) is 14.7 Å². The lowest BCUT2D eigenvalue weighted by Crippen LogP contribution is -2.43. The zero-order valence-electron chi connectivity index (χ0n) is 17.5. The number of carbonyl (C=O) groups excluding carboxylic acids is 1. The molecular weight excluding hydrogens is 486 g/mol. The highest BCUT2D eigenvalue weighted by molar-refractivity contribution is 9.10. The van der Waals surface area contributed by atoms with E-state index >= 15 is 0 Å². The summed E-state index contributed by atoms with van der Waals surface area (Å²) >= 11 is 9.69. The summed E-state index contributed by atoms with van der Waals surface area (Å²) in [5.41, 5.74) is 1.53. The van der Waals surface area contributed by atoms with Crippen molar-refractivity contribution in [1.29, 1.82) is 0 Å². The Labute approximate surface area is 195 Å². The fraction of sp³-hybridized carbons (Fsp3) is 0.304. The molecule has 2 aromatic rings. The number of carbonyl (C=O) groups is 2. The summed E-state index contributed by atoms with van der Waals surface area (Å²) < 4.78 is 12.3. The lowest BCUT2D eigenvalue weighted by molar-refractivity contribution is -0.142. The number of nitrogens with one attached hydrogen (secondary N) is 1. The molecule has 1 atom stereocenters. The van der Waals surface area contributed by atoms with E-state index < -0.39 is 17.9 Å². The predicted octanol–water partition coefficient (Wildman–Crippen LogP) is 5.32. The molecule has 2 N–H and O–H groups in total. The third-order valence-electron chi connectivity index (χ3n) is 4.32. The number of rotatable bonds is 10. The summed E-state index contributed by atoms with van der Waals surface area (Å²) in [6.07, 6.45) is 2.87. The van der Waals surface area contributed by atoms with Gasteiger partial charge in [-0.3, -0.25) is 4.79 Å². The Morgan fingerprint density at radius 1 is 1.23 bits per heavy atom. The number of aliphatic carboxylic acids is 1. The second-order valence-corrected chi connectivity index (χ2v) is 8.31. The molecule has 2 rings (SSSR count). The molecule has 0 unspecified atom stereocenters. The van der Waals surface area contributed by atoms with Gasteiger partial charge in [0.15, 0.2) is 11.5 Å². The minimum atomic E-state index is -1.07. The molecule has 0 aliphatic heterocycles. The lowest BCUT2D eigenvalue weighted by Gasteiger charge is -2.17. The summed E-state index contributed by atoms with van der Waals surface area (Å²) in [4.78, 5) is 23.4. The van der Waals surface area contributed by atoms with Gasteiger partial charge in [-0.1, -0.05) is 43.6 Å². The van der Waals surface area contributed by atoms with Gasteiger partial charge >= 0.3 is 5.97 Å². The maximum atomic E-state index is 12.1. The second kappa shape index (κ2) is 11.8. The number of benzene rings is 2. The van der Waals surface area contributed by atoms with Crippen molar-refractivity contribution in [2.45, 2.75) is 33.4 Å². The van der Waals surface area contributed by atoms with Gasteiger partial charge in [-0.2, -0.15) is 0 Å². The van der Waals surface area contributed by atoms with Crippen LogP contribution < -0.4 is 14.8 Å². The molecule has 166 valence electrons. The number of carboxylic acids is 1. The van der Waals surface area contributed by atoms with Crippen molar-refractivity contribution in [3.63, 3.8) is 0 Å². The van der Waals surface area contributed by atoms with E-state index in [0.29, 0.717) is 33.2 Å². The van der Waals surface area contributed by atoms with E-state index in [1.54, 1.807) is 38.1 Å². The van der Waals surface area contributed by atoms with Gasteiger partial charge in [-0.15, -0.1) is 0 Å². The van der Waals surface area contributed by atoms with Crippen molar-refractivity contribution in [3.05, 3.63) is 63.1 Å². The van der Waals surface area contributed by atoms with E-state index in [4.69, 9.17) is 21.1 Å². The molecule has 0 aromatic heterocycles. The molecule has 31 heavy (non-hydrogen) atoms. The number of hydrogen-bond donors (Lipinski definition) is 2. The van der Waals surface area contributed by atoms with E-state index in [1.165, 1.54) is 6.08 Å². The predicted molar refractivity (Wildman–Crippen MR) is 125 cm³/mol. The lowest BCUT2D eigenvalue weighted by atomic mass is 10.0.